The number of nitrogens with one attached hydrogen (secondary N) is 1. The molecule has 0 radical (unpaired) electrons. The fourth-order valence-corrected chi connectivity index (χ4v) is 4.67. The van der Waals surface area contributed by atoms with Gasteiger partial charge in [0, 0.05) is 31.7 Å². The molecule has 3 aromatic rings. The Bertz CT molecular complexity index is 950. The van der Waals surface area contributed by atoms with Crippen LogP contribution in [0.15, 0.2) is 58.3 Å². The molecule has 2 aromatic heterocycles. The molecule has 1 saturated heterocycles. The molecule has 3 heterocycles. The lowest BCUT2D eigenvalue weighted by molar-refractivity contribution is -0.119. The van der Waals surface area contributed by atoms with Gasteiger partial charge in [0.2, 0.25) is 5.91 Å². The molecule has 1 amide bonds. The minimum atomic E-state index is -0.0737. The van der Waals surface area contributed by atoms with Crippen LogP contribution >= 0.6 is 11.8 Å². The van der Waals surface area contributed by atoms with Crippen LogP contribution in [-0.4, -0.2) is 46.2 Å². The van der Waals surface area contributed by atoms with Crippen LogP contribution in [0.2, 0.25) is 0 Å². The highest BCUT2D eigenvalue weighted by atomic mass is 32.2. The fraction of sp³-hybridized carbons (Fsp3) is 0.409. The number of benzene rings is 1. The van der Waals surface area contributed by atoms with Gasteiger partial charge in [0.05, 0.1) is 12.0 Å². The second kappa shape index (κ2) is 9.49. The average molecular weight is 427 g/mol. The van der Waals surface area contributed by atoms with Gasteiger partial charge in [-0.15, -0.1) is 10.2 Å². The van der Waals surface area contributed by atoms with Crippen LogP contribution in [0.5, 0.6) is 0 Å². The van der Waals surface area contributed by atoms with Crippen LogP contribution < -0.4 is 5.32 Å². The zero-order valence-corrected chi connectivity index (χ0v) is 17.9. The van der Waals surface area contributed by atoms with E-state index in [1.54, 1.807) is 6.26 Å². The van der Waals surface area contributed by atoms with E-state index >= 15 is 0 Å². The SMILES string of the molecule is CCn1c(SCC(=O)NCC2(c3ccccc3)CCOCC2)nnc1-c1ccco1. The number of nitrogens with zero attached hydrogens (tertiary/aromatic N) is 3. The molecule has 0 aliphatic carbocycles. The minimum Gasteiger partial charge on any atom is -0.461 e. The minimum absolute atomic E-state index is 0.00741. The molecule has 1 aromatic carbocycles. The average Bonchev–Trinajstić information content (AvgIpc) is 3.47. The smallest absolute Gasteiger partial charge is 0.230 e. The van der Waals surface area contributed by atoms with Gasteiger partial charge in [-0.05, 0) is 37.5 Å². The highest BCUT2D eigenvalue weighted by Crippen LogP contribution is 2.34. The van der Waals surface area contributed by atoms with Crippen LogP contribution in [-0.2, 0) is 21.5 Å². The molecule has 1 aliphatic heterocycles. The third-order valence-corrected chi connectivity index (χ3v) is 6.53. The summed E-state index contributed by atoms with van der Waals surface area (Å²) in [4.78, 5) is 12.6. The zero-order valence-electron chi connectivity index (χ0n) is 17.0. The Hall–Kier alpha value is -2.58. The summed E-state index contributed by atoms with van der Waals surface area (Å²) in [5.41, 5.74) is 1.19. The lowest BCUT2D eigenvalue weighted by Crippen LogP contribution is -2.45. The number of hydrogen-bond donors (Lipinski definition) is 1. The first-order chi connectivity index (χ1) is 14.7. The molecular formula is C22H26N4O3S. The summed E-state index contributed by atoms with van der Waals surface area (Å²) in [6, 6.07) is 14.1. The highest BCUT2D eigenvalue weighted by molar-refractivity contribution is 7.99. The molecule has 8 heteroatoms. The van der Waals surface area contributed by atoms with E-state index in [9.17, 15) is 4.79 Å². The second-order valence-electron chi connectivity index (χ2n) is 7.35. The molecule has 7 nitrogen and oxygen atoms in total. The third kappa shape index (κ3) is 4.44. The highest BCUT2D eigenvalue weighted by Gasteiger charge is 2.34. The van der Waals surface area contributed by atoms with Gasteiger partial charge >= 0.3 is 0 Å². The summed E-state index contributed by atoms with van der Waals surface area (Å²) >= 11 is 1.39. The van der Waals surface area contributed by atoms with E-state index in [4.69, 9.17) is 9.15 Å². The summed E-state index contributed by atoms with van der Waals surface area (Å²) < 4.78 is 13.0. The van der Waals surface area contributed by atoms with Gasteiger partial charge in [-0.3, -0.25) is 9.36 Å². The first kappa shape index (κ1) is 20.7. The number of carbonyl (C=O) groups is 1. The van der Waals surface area contributed by atoms with Crippen molar-refractivity contribution in [2.45, 2.75) is 36.9 Å². The molecule has 30 heavy (non-hydrogen) atoms. The predicted molar refractivity (Wildman–Crippen MR) is 115 cm³/mol. The molecule has 1 fully saturated rings. The number of carbonyl (C=O) groups excluding carboxylic acids is 1. The van der Waals surface area contributed by atoms with Crippen molar-refractivity contribution in [2.24, 2.45) is 0 Å². The van der Waals surface area contributed by atoms with Crippen molar-refractivity contribution in [3.63, 3.8) is 0 Å². The molecular weight excluding hydrogens is 400 g/mol. The van der Waals surface area contributed by atoms with Crippen molar-refractivity contribution in [2.75, 3.05) is 25.5 Å². The van der Waals surface area contributed by atoms with Crippen molar-refractivity contribution < 1.29 is 13.9 Å². The van der Waals surface area contributed by atoms with Gasteiger partial charge < -0.3 is 14.5 Å². The van der Waals surface area contributed by atoms with E-state index in [2.05, 4.69) is 39.8 Å². The third-order valence-electron chi connectivity index (χ3n) is 5.57. The first-order valence-corrected chi connectivity index (χ1v) is 11.2. The van der Waals surface area contributed by atoms with Crippen LogP contribution in [0.3, 0.4) is 0 Å². The summed E-state index contributed by atoms with van der Waals surface area (Å²) in [7, 11) is 0. The van der Waals surface area contributed by atoms with Crippen LogP contribution in [0.1, 0.15) is 25.3 Å². The van der Waals surface area contributed by atoms with Crippen LogP contribution in [0.25, 0.3) is 11.6 Å². The Morgan fingerprint density at radius 3 is 2.67 bits per heavy atom. The number of furan rings is 1. The Morgan fingerprint density at radius 2 is 1.97 bits per heavy atom. The maximum Gasteiger partial charge on any atom is 0.230 e. The van der Waals surface area contributed by atoms with Crippen LogP contribution in [0.4, 0.5) is 0 Å². The number of thioether (sulfide) groups is 1. The van der Waals surface area contributed by atoms with Crippen molar-refractivity contribution in [1.82, 2.24) is 20.1 Å². The van der Waals surface area contributed by atoms with E-state index < -0.39 is 0 Å². The summed E-state index contributed by atoms with van der Waals surface area (Å²) in [5, 5.41) is 12.3. The molecule has 1 aliphatic rings. The van der Waals surface area contributed by atoms with E-state index in [1.807, 2.05) is 29.7 Å². The van der Waals surface area contributed by atoms with Gasteiger partial charge in [0.1, 0.15) is 0 Å². The van der Waals surface area contributed by atoms with E-state index in [0.717, 1.165) is 12.8 Å². The summed E-state index contributed by atoms with van der Waals surface area (Å²) in [6.07, 6.45) is 3.42. The standard InChI is InChI=1S/C22H26N4O3S/c1-2-26-20(18-9-6-12-29-18)24-25-21(26)30-15-19(27)23-16-22(10-13-28-14-11-22)17-7-4-3-5-8-17/h3-9,12H,2,10-11,13-16H2,1H3,(H,23,27). The molecule has 4 rings (SSSR count). The number of rotatable bonds is 8. The fourth-order valence-electron chi connectivity index (χ4n) is 3.84. The number of aromatic nitrogens is 3. The molecule has 0 saturated carbocycles. The van der Waals surface area contributed by atoms with E-state index in [-0.39, 0.29) is 17.1 Å². The predicted octanol–water partition coefficient (Wildman–Crippen LogP) is 3.51. The largest absolute Gasteiger partial charge is 0.461 e. The lowest BCUT2D eigenvalue weighted by atomic mass is 9.74. The number of ether oxygens (including phenoxy) is 1. The normalized spacial score (nSPS) is 15.8. The van der Waals surface area contributed by atoms with E-state index in [0.29, 0.717) is 43.0 Å². The Labute approximate surface area is 180 Å². The maximum atomic E-state index is 12.6. The van der Waals surface area contributed by atoms with Gasteiger partial charge in [-0.1, -0.05) is 42.1 Å². The number of amides is 1. The quantitative estimate of drug-likeness (QED) is 0.555. The summed E-state index contributed by atoms with van der Waals surface area (Å²) in [6.45, 7) is 4.76. The number of hydrogen-bond acceptors (Lipinski definition) is 6. The molecule has 0 bridgehead atoms. The van der Waals surface area contributed by atoms with Gasteiger partial charge in [0.25, 0.3) is 0 Å². The second-order valence-corrected chi connectivity index (χ2v) is 8.29. The first-order valence-electron chi connectivity index (χ1n) is 10.2. The molecule has 158 valence electrons. The van der Waals surface area contributed by atoms with Gasteiger partial charge in [-0.2, -0.15) is 0 Å². The van der Waals surface area contributed by atoms with Crippen LogP contribution in [0, 0.1) is 0 Å². The van der Waals surface area contributed by atoms with E-state index in [1.165, 1.54) is 17.3 Å². The lowest BCUT2D eigenvalue weighted by Gasteiger charge is -2.38. The molecule has 0 spiro atoms. The van der Waals surface area contributed by atoms with Crippen molar-refractivity contribution in [3.8, 4) is 11.6 Å². The maximum absolute atomic E-state index is 12.6. The Balaban J connectivity index is 1.38. The molecule has 1 N–H and O–H groups in total. The zero-order chi connectivity index (χ0) is 20.8. The summed E-state index contributed by atoms with van der Waals surface area (Å²) in [5.74, 6) is 1.63. The Morgan fingerprint density at radius 1 is 1.17 bits per heavy atom. The van der Waals surface area contributed by atoms with Gasteiger partial charge in [-0.25, -0.2) is 0 Å². The van der Waals surface area contributed by atoms with Crippen molar-refractivity contribution in [3.05, 3.63) is 54.3 Å². The molecule has 0 unspecified atom stereocenters. The van der Waals surface area contributed by atoms with Crippen molar-refractivity contribution >= 4 is 17.7 Å². The molecule has 0 atom stereocenters. The topological polar surface area (TPSA) is 82.2 Å². The van der Waals surface area contributed by atoms with Crippen molar-refractivity contribution in [1.29, 1.82) is 0 Å². The van der Waals surface area contributed by atoms with Gasteiger partial charge in [0.15, 0.2) is 16.7 Å². The monoisotopic (exact) mass is 426 g/mol. The Kier molecular flexibility index (Phi) is 6.54.